The molecule has 0 aromatic heterocycles. The first-order valence-corrected chi connectivity index (χ1v) is 7.18. The second-order valence-corrected chi connectivity index (χ2v) is 5.56. The maximum absolute atomic E-state index is 12.0. The molecule has 7 heteroatoms. The summed E-state index contributed by atoms with van der Waals surface area (Å²) in [4.78, 5) is 0.147. The Labute approximate surface area is 112 Å². The van der Waals surface area contributed by atoms with E-state index in [1.165, 1.54) is 18.2 Å². The molecular weight excluding hydrogens is 268 g/mol. The monoisotopic (exact) mass is 284 g/mol. The van der Waals surface area contributed by atoms with E-state index in [-0.39, 0.29) is 31.3 Å². The van der Waals surface area contributed by atoms with E-state index in [1.807, 2.05) is 6.07 Å². The fourth-order valence-electron chi connectivity index (χ4n) is 1.51. The van der Waals surface area contributed by atoms with Crippen molar-refractivity contribution in [2.75, 3.05) is 26.4 Å². The van der Waals surface area contributed by atoms with Gasteiger partial charge < -0.3 is 9.84 Å². The molecule has 1 aromatic carbocycles. The fourth-order valence-corrected chi connectivity index (χ4v) is 2.75. The lowest BCUT2D eigenvalue weighted by atomic mass is 10.2. The van der Waals surface area contributed by atoms with Crippen molar-refractivity contribution in [2.45, 2.75) is 11.8 Å². The van der Waals surface area contributed by atoms with E-state index in [1.54, 1.807) is 6.92 Å². The zero-order valence-corrected chi connectivity index (χ0v) is 11.4. The quantitative estimate of drug-likeness (QED) is 0.694. The molecule has 0 aliphatic heterocycles. The highest BCUT2D eigenvalue weighted by molar-refractivity contribution is 7.89. The maximum atomic E-state index is 12.0. The Morgan fingerprint density at radius 1 is 1.42 bits per heavy atom. The summed E-state index contributed by atoms with van der Waals surface area (Å²) >= 11 is 0. The molecule has 0 atom stereocenters. The van der Waals surface area contributed by atoms with E-state index >= 15 is 0 Å². The first-order chi connectivity index (χ1) is 9.01. The molecule has 0 unspecified atom stereocenters. The molecule has 0 bridgehead atoms. The number of aliphatic hydroxyl groups excluding tert-OH is 1. The average molecular weight is 284 g/mol. The number of aryl methyl sites for hydroxylation is 1. The van der Waals surface area contributed by atoms with Gasteiger partial charge in [0, 0.05) is 6.54 Å². The van der Waals surface area contributed by atoms with Gasteiger partial charge in [0.25, 0.3) is 0 Å². The molecule has 104 valence electrons. The van der Waals surface area contributed by atoms with Gasteiger partial charge in [-0.3, -0.25) is 0 Å². The van der Waals surface area contributed by atoms with Gasteiger partial charge in [-0.05, 0) is 30.7 Å². The topological polar surface area (TPSA) is 99.4 Å². The molecule has 6 nitrogen and oxygen atoms in total. The lowest BCUT2D eigenvalue weighted by Gasteiger charge is -2.09. The van der Waals surface area contributed by atoms with Crippen LogP contribution in [0, 0.1) is 18.3 Å². The Bertz CT molecular complexity index is 564. The van der Waals surface area contributed by atoms with Gasteiger partial charge in [0.2, 0.25) is 10.0 Å². The number of aliphatic hydroxyl groups is 1. The van der Waals surface area contributed by atoms with Crippen LogP contribution in [0.5, 0.6) is 0 Å². The van der Waals surface area contributed by atoms with E-state index in [0.717, 1.165) is 0 Å². The van der Waals surface area contributed by atoms with Crippen molar-refractivity contribution in [2.24, 2.45) is 0 Å². The summed E-state index contributed by atoms with van der Waals surface area (Å²) in [6, 6.07) is 6.35. The van der Waals surface area contributed by atoms with Gasteiger partial charge in [0.1, 0.15) is 0 Å². The van der Waals surface area contributed by atoms with Crippen molar-refractivity contribution in [1.29, 1.82) is 5.26 Å². The minimum absolute atomic E-state index is 0.0958. The summed E-state index contributed by atoms with van der Waals surface area (Å²) < 4.78 is 31.3. The van der Waals surface area contributed by atoms with E-state index in [0.29, 0.717) is 11.1 Å². The van der Waals surface area contributed by atoms with Gasteiger partial charge in [-0.1, -0.05) is 0 Å². The number of nitrogens with one attached hydrogen (secondary N) is 1. The number of hydrogen-bond acceptors (Lipinski definition) is 5. The summed E-state index contributed by atoms with van der Waals surface area (Å²) in [5, 5.41) is 17.2. The van der Waals surface area contributed by atoms with Gasteiger partial charge in [-0.15, -0.1) is 0 Å². The third-order valence-electron chi connectivity index (χ3n) is 2.37. The summed E-state index contributed by atoms with van der Waals surface area (Å²) in [6.45, 7) is 2.04. The number of nitriles is 1. The van der Waals surface area contributed by atoms with Crippen LogP contribution in [0.1, 0.15) is 11.1 Å². The van der Waals surface area contributed by atoms with Crippen LogP contribution >= 0.6 is 0 Å². The minimum Gasteiger partial charge on any atom is -0.394 e. The molecule has 0 saturated heterocycles. The smallest absolute Gasteiger partial charge is 0.240 e. The number of hydrogen-bond donors (Lipinski definition) is 2. The van der Waals surface area contributed by atoms with Crippen LogP contribution in [-0.4, -0.2) is 39.9 Å². The largest absolute Gasteiger partial charge is 0.394 e. The molecular formula is C12H16N2O4S. The summed E-state index contributed by atoms with van der Waals surface area (Å²) in [5.74, 6) is 0. The number of nitrogens with zero attached hydrogens (tertiary/aromatic N) is 1. The molecule has 2 N–H and O–H groups in total. The molecule has 1 rings (SSSR count). The predicted molar refractivity (Wildman–Crippen MR) is 69.0 cm³/mol. The van der Waals surface area contributed by atoms with Crippen molar-refractivity contribution in [3.63, 3.8) is 0 Å². The first-order valence-electron chi connectivity index (χ1n) is 5.70. The highest BCUT2D eigenvalue weighted by atomic mass is 32.2. The Hall–Kier alpha value is -1.46. The van der Waals surface area contributed by atoms with Crippen molar-refractivity contribution in [3.8, 4) is 6.07 Å². The van der Waals surface area contributed by atoms with Crippen LogP contribution in [0.3, 0.4) is 0 Å². The number of ether oxygens (including phenoxy) is 1. The third-order valence-corrected chi connectivity index (χ3v) is 3.99. The summed E-state index contributed by atoms with van der Waals surface area (Å²) in [6.07, 6.45) is 0. The summed E-state index contributed by atoms with van der Waals surface area (Å²) in [5.41, 5.74) is 0.936. The zero-order chi connectivity index (χ0) is 14.3. The highest BCUT2D eigenvalue weighted by Crippen LogP contribution is 2.16. The molecule has 0 saturated carbocycles. The molecule has 19 heavy (non-hydrogen) atoms. The van der Waals surface area contributed by atoms with Crippen LogP contribution in [0.2, 0.25) is 0 Å². The van der Waals surface area contributed by atoms with E-state index in [4.69, 9.17) is 15.1 Å². The molecule has 0 spiro atoms. The van der Waals surface area contributed by atoms with Crippen LogP contribution in [0.4, 0.5) is 0 Å². The lowest BCUT2D eigenvalue weighted by molar-refractivity contribution is 0.0961. The maximum Gasteiger partial charge on any atom is 0.240 e. The minimum atomic E-state index is -3.61. The summed E-state index contributed by atoms with van der Waals surface area (Å²) in [7, 11) is -3.61. The second kappa shape index (κ2) is 7.21. The van der Waals surface area contributed by atoms with E-state index < -0.39 is 10.0 Å². The number of benzene rings is 1. The first kappa shape index (κ1) is 15.6. The van der Waals surface area contributed by atoms with E-state index in [2.05, 4.69) is 4.72 Å². The van der Waals surface area contributed by atoms with Gasteiger partial charge >= 0.3 is 0 Å². The fraction of sp³-hybridized carbons (Fsp3) is 0.417. The third kappa shape index (κ3) is 4.61. The average Bonchev–Trinajstić information content (AvgIpc) is 2.37. The zero-order valence-electron chi connectivity index (χ0n) is 10.6. The van der Waals surface area contributed by atoms with Crippen LogP contribution in [0.15, 0.2) is 23.1 Å². The second-order valence-electron chi connectivity index (χ2n) is 3.83. The van der Waals surface area contributed by atoms with Gasteiger partial charge in [-0.25, -0.2) is 13.1 Å². The lowest BCUT2D eigenvalue weighted by Crippen LogP contribution is -2.28. The molecule has 1 aromatic rings. The van der Waals surface area contributed by atoms with Crippen LogP contribution in [-0.2, 0) is 14.8 Å². The molecule has 0 aliphatic carbocycles. The van der Waals surface area contributed by atoms with Crippen molar-refractivity contribution < 1.29 is 18.3 Å². The normalized spacial score (nSPS) is 11.2. The Balaban J connectivity index is 2.70. The Morgan fingerprint density at radius 2 is 2.16 bits per heavy atom. The van der Waals surface area contributed by atoms with Gasteiger partial charge in [-0.2, -0.15) is 5.26 Å². The SMILES string of the molecule is Cc1cc(C#N)ccc1S(=O)(=O)NCCOCCO. The van der Waals surface area contributed by atoms with Crippen molar-refractivity contribution in [3.05, 3.63) is 29.3 Å². The highest BCUT2D eigenvalue weighted by Gasteiger charge is 2.16. The molecule has 0 fully saturated rings. The van der Waals surface area contributed by atoms with Crippen molar-refractivity contribution >= 4 is 10.0 Å². The molecule has 0 heterocycles. The Kier molecular flexibility index (Phi) is 5.92. The number of rotatable bonds is 7. The molecule has 0 radical (unpaired) electrons. The van der Waals surface area contributed by atoms with Crippen LogP contribution < -0.4 is 4.72 Å². The van der Waals surface area contributed by atoms with Gasteiger partial charge in [0.15, 0.2) is 0 Å². The molecule has 0 amide bonds. The predicted octanol–water partition coefficient (Wildman–Crippen LogP) is 0.154. The Morgan fingerprint density at radius 3 is 2.74 bits per heavy atom. The van der Waals surface area contributed by atoms with Gasteiger partial charge in [0.05, 0.1) is 36.3 Å². The van der Waals surface area contributed by atoms with Crippen molar-refractivity contribution in [1.82, 2.24) is 4.72 Å². The molecule has 0 aliphatic rings. The van der Waals surface area contributed by atoms with Crippen LogP contribution in [0.25, 0.3) is 0 Å². The standard InChI is InChI=1S/C12H16N2O4S/c1-10-8-11(9-13)2-3-12(10)19(16,17)14-4-6-18-7-5-15/h2-3,8,14-15H,4-7H2,1H3. The number of sulfonamides is 1. The van der Waals surface area contributed by atoms with E-state index in [9.17, 15) is 8.42 Å².